The molecule has 0 saturated carbocycles. The van der Waals surface area contributed by atoms with Gasteiger partial charge in [-0.2, -0.15) is 0 Å². The number of unbranched alkanes of at least 4 members (excludes halogenated alkanes) is 2. The lowest BCUT2D eigenvalue weighted by Crippen LogP contribution is -2.28. The zero-order chi connectivity index (χ0) is 16.4. The van der Waals surface area contributed by atoms with Crippen LogP contribution in [-0.2, 0) is 4.74 Å². The summed E-state index contributed by atoms with van der Waals surface area (Å²) in [7, 11) is 0. The van der Waals surface area contributed by atoms with Crippen molar-refractivity contribution in [1.29, 1.82) is 0 Å². The maximum absolute atomic E-state index is 10.0. The number of ether oxygens (including phenoxy) is 1. The smallest absolute Gasteiger partial charge is 0.208 e. The van der Waals surface area contributed by atoms with Gasteiger partial charge < -0.3 is 20.7 Å². The molecule has 3 rings (SSSR count). The zero-order valence-corrected chi connectivity index (χ0v) is 12.8. The average molecular weight is 317 g/mol. The van der Waals surface area contributed by atoms with Crippen LogP contribution in [0.15, 0.2) is 6.33 Å². The molecule has 1 aliphatic rings. The Hall–Kier alpha value is -2.21. The molecule has 2 aromatic heterocycles. The van der Waals surface area contributed by atoms with Gasteiger partial charge in [0.2, 0.25) is 5.82 Å². The normalized spacial score (nSPS) is 23.9. The number of imidazole rings is 1. The van der Waals surface area contributed by atoms with Crippen LogP contribution in [-0.4, -0.2) is 48.5 Å². The fourth-order valence-electron chi connectivity index (χ4n) is 2.42. The predicted octanol–water partition coefficient (Wildman–Crippen LogP) is 0.201. The number of hydrogen-bond acceptors (Lipinski definition) is 7. The minimum Gasteiger partial charge on any atom is -0.388 e. The lowest BCUT2D eigenvalue weighted by Gasteiger charge is -2.16. The summed E-state index contributed by atoms with van der Waals surface area (Å²) in [6.07, 6.45) is 1.58. The predicted molar refractivity (Wildman–Crippen MR) is 83.1 cm³/mol. The van der Waals surface area contributed by atoms with E-state index in [1.165, 1.54) is 6.33 Å². The van der Waals surface area contributed by atoms with E-state index in [2.05, 4.69) is 33.7 Å². The monoisotopic (exact) mass is 317 g/mol. The van der Waals surface area contributed by atoms with E-state index in [1.54, 1.807) is 4.57 Å². The van der Waals surface area contributed by atoms with Gasteiger partial charge in [-0.3, -0.25) is 4.57 Å². The Morgan fingerprint density at radius 1 is 1.43 bits per heavy atom. The highest BCUT2D eigenvalue weighted by molar-refractivity contribution is 5.82. The first kappa shape index (κ1) is 15.7. The fraction of sp³-hybridized carbons (Fsp3) is 0.533. The first-order valence-corrected chi connectivity index (χ1v) is 7.58. The minimum atomic E-state index is -1.05. The molecule has 122 valence electrons. The molecule has 0 aliphatic carbocycles. The van der Waals surface area contributed by atoms with Gasteiger partial charge in [-0.15, -0.1) is 0 Å². The Kier molecular flexibility index (Phi) is 4.43. The van der Waals surface area contributed by atoms with Crippen molar-refractivity contribution in [2.45, 2.75) is 44.6 Å². The minimum absolute atomic E-state index is 0.0513. The molecule has 0 aromatic carbocycles. The topological polar surface area (TPSA) is 119 Å². The van der Waals surface area contributed by atoms with Gasteiger partial charge in [0.25, 0.3) is 0 Å². The Morgan fingerprint density at radius 3 is 2.96 bits per heavy atom. The molecule has 1 saturated heterocycles. The summed E-state index contributed by atoms with van der Waals surface area (Å²) >= 11 is 0. The Bertz CT molecular complexity index is 764. The zero-order valence-electron chi connectivity index (χ0n) is 12.8. The molecular weight excluding hydrogens is 298 g/mol. The number of anilines is 1. The number of nitrogens with zero attached hydrogens (tertiary/aromatic N) is 4. The molecule has 0 bridgehead atoms. The number of nitrogen functional groups attached to an aromatic ring is 1. The van der Waals surface area contributed by atoms with E-state index in [1.807, 2.05) is 0 Å². The molecule has 3 heterocycles. The molecule has 4 N–H and O–H groups in total. The summed E-state index contributed by atoms with van der Waals surface area (Å²) in [6, 6.07) is 0. The standard InChI is InChI=1S/C15H19N5O3/c1-2-3-4-5-6-10-18-13(16)11-14(19-10)20(8-17-11)15-12(22)9(21)7-23-15/h8-9,12,15,21-22H,2-4,7H2,1H3,(H2,16,18,19)/t9-,12-,15-/m1/s1. The van der Waals surface area contributed by atoms with Gasteiger partial charge in [0.1, 0.15) is 17.7 Å². The quantitative estimate of drug-likeness (QED) is 0.546. The summed E-state index contributed by atoms with van der Waals surface area (Å²) < 4.78 is 6.96. The molecule has 8 nitrogen and oxygen atoms in total. The van der Waals surface area contributed by atoms with Gasteiger partial charge in [0, 0.05) is 6.42 Å². The van der Waals surface area contributed by atoms with Gasteiger partial charge in [-0.05, 0) is 12.3 Å². The van der Waals surface area contributed by atoms with Crippen molar-refractivity contribution in [2.75, 3.05) is 12.3 Å². The van der Waals surface area contributed by atoms with E-state index in [4.69, 9.17) is 10.5 Å². The van der Waals surface area contributed by atoms with Crippen LogP contribution in [0.3, 0.4) is 0 Å². The number of nitrogens with two attached hydrogens (primary N) is 1. The average Bonchev–Trinajstić information content (AvgIpc) is 3.09. The summed E-state index contributed by atoms with van der Waals surface area (Å²) in [6.45, 7) is 2.15. The number of rotatable bonds is 3. The van der Waals surface area contributed by atoms with Gasteiger partial charge in [0.05, 0.1) is 12.9 Å². The van der Waals surface area contributed by atoms with E-state index >= 15 is 0 Å². The maximum Gasteiger partial charge on any atom is 0.208 e. The molecule has 1 fully saturated rings. The lowest BCUT2D eigenvalue weighted by molar-refractivity contribution is -0.0162. The lowest BCUT2D eigenvalue weighted by atomic mass is 10.2. The molecule has 0 radical (unpaired) electrons. The number of fused-ring (bicyclic) bond motifs is 1. The highest BCUT2D eigenvalue weighted by atomic mass is 16.5. The summed E-state index contributed by atoms with van der Waals surface area (Å²) in [5, 5.41) is 19.6. The summed E-state index contributed by atoms with van der Waals surface area (Å²) in [4.78, 5) is 12.7. The summed E-state index contributed by atoms with van der Waals surface area (Å²) in [5.74, 6) is 6.43. The Labute approximate surface area is 133 Å². The molecular formula is C15H19N5O3. The third-order valence-electron chi connectivity index (χ3n) is 3.70. The van der Waals surface area contributed by atoms with E-state index in [0.29, 0.717) is 17.0 Å². The molecule has 3 atom stereocenters. The number of aromatic nitrogens is 4. The molecule has 8 heteroatoms. The molecule has 0 unspecified atom stereocenters. The SMILES string of the molecule is CCCCC#Cc1nc(N)c2ncn([C@@H]3OC[C@@H](O)[C@H]3O)c2n1. The Morgan fingerprint density at radius 2 is 2.26 bits per heavy atom. The van der Waals surface area contributed by atoms with E-state index in [9.17, 15) is 10.2 Å². The van der Waals surface area contributed by atoms with Crippen LogP contribution in [0.1, 0.15) is 38.2 Å². The van der Waals surface area contributed by atoms with Crippen LogP contribution in [0.2, 0.25) is 0 Å². The van der Waals surface area contributed by atoms with Crippen LogP contribution >= 0.6 is 0 Å². The van der Waals surface area contributed by atoms with Crippen molar-refractivity contribution in [2.24, 2.45) is 0 Å². The molecule has 0 amide bonds. The van der Waals surface area contributed by atoms with Gasteiger partial charge >= 0.3 is 0 Å². The van der Waals surface area contributed by atoms with Crippen molar-refractivity contribution in [1.82, 2.24) is 19.5 Å². The van der Waals surface area contributed by atoms with E-state index in [0.717, 1.165) is 19.3 Å². The largest absolute Gasteiger partial charge is 0.388 e. The highest BCUT2D eigenvalue weighted by Crippen LogP contribution is 2.28. The third-order valence-corrected chi connectivity index (χ3v) is 3.70. The van der Waals surface area contributed by atoms with E-state index in [-0.39, 0.29) is 12.4 Å². The second-order valence-electron chi connectivity index (χ2n) is 5.44. The van der Waals surface area contributed by atoms with Crippen molar-refractivity contribution in [3.8, 4) is 11.8 Å². The van der Waals surface area contributed by atoms with Gasteiger partial charge in [0.15, 0.2) is 17.7 Å². The summed E-state index contributed by atoms with van der Waals surface area (Å²) in [5.41, 5.74) is 6.76. The van der Waals surface area contributed by atoms with Crippen LogP contribution in [0, 0.1) is 11.8 Å². The van der Waals surface area contributed by atoms with E-state index < -0.39 is 18.4 Å². The second-order valence-corrected chi connectivity index (χ2v) is 5.44. The fourth-order valence-corrected chi connectivity index (χ4v) is 2.42. The highest BCUT2D eigenvalue weighted by Gasteiger charge is 2.37. The van der Waals surface area contributed by atoms with Crippen LogP contribution in [0.5, 0.6) is 0 Å². The number of aliphatic hydroxyl groups is 2. The molecule has 0 spiro atoms. The number of aliphatic hydroxyl groups excluding tert-OH is 2. The van der Waals surface area contributed by atoms with Crippen LogP contribution < -0.4 is 5.73 Å². The first-order chi connectivity index (χ1) is 11.1. The molecule has 23 heavy (non-hydrogen) atoms. The van der Waals surface area contributed by atoms with Gasteiger partial charge in [-0.25, -0.2) is 15.0 Å². The second kappa shape index (κ2) is 6.50. The van der Waals surface area contributed by atoms with Crippen molar-refractivity contribution in [3.05, 3.63) is 12.2 Å². The van der Waals surface area contributed by atoms with Crippen molar-refractivity contribution in [3.63, 3.8) is 0 Å². The van der Waals surface area contributed by atoms with Crippen LogP contribution in [0.4, 0.5) is 5.82 Å². The third kappa shape index (κ3) is 2.99. The van der Waals surface area contributed by atoms with Crippen molar-refractivity contribution >= 4 is 17.0 Å². The molecule has 2 aromatic rings. The maximum atomic E-state index is 10.0. The van der Waals surface area contributed by atoms with Crippen LogP contribution in [0.25, 0.3) is 11.2 Å². The molecule has 1 aliphatic heterocycles. The number of hydrogen-bond donors (Lipinski definition) is 3. The first-order valence-electron chi connectivity index (χ1n) is 7.58. The van der Waals surface area contributed by atoms with Gasteiger partial charge in [-0.1, -0.05) is 19.3 Å². The Balaban J connectivity index is 1.97. The van der Waals surface area contributed by atoms with Crippen molar-refractivity contribution < 1.29 is 14.9 Å².